The Hall–Kier alpha value is -12.5. The fourth-order valence-corrected chi connectivity index (χ4v) is 12.3. The smallest absolute Gasteiger partial charge is 0.870 e. The van der Waals surface area contributed by atoms with Crippen molar-refractivity contribution in [3.8, 4) is 28.4 Å². The molecule has 1 amide bonds. The van der Waals surface area contributed by atoms with Gasteiger partial charge in [0.1, 0.15) is 11.6 Å². The van der Waals surface area contributed by atoms with Crippen LogP contribution in [-0.2, 0) is 68.5 Å². The normalized spacial score (nSPS) is 9.70. The summed E-state index contributed by atoms with van der Waals surface area (Å²) in [6, 6.07) is 62.6. The van der Waals surface area contributed by atoms with E-state index in [0.29, 0.717) is 50.4 Å². The van der Waals surface area contributed by atoms with E-state index in [1.165, 1.54) is 11.8 Å². The molecular weight excluding hydrogens is 1840 g/mol. The predicted molar refractivity (Wildman–Crippen MR) is 483 cm³/mol. The van der Waals surface area contributed by atoms with Crippen molar-refractivity contribution >= 4 is 183 Å². The van der Waals surface area contributed by atoms with E-state index in [4.69, 9.17) is 93.2 Å². The standard InChI is InChI=1S/C20H14BrClN4O.C16H21N3.C15H14ClN3.C13H10ClN3.C10H11N3.C8H14O2.5CO2.Cl3OP.Li.H2O/c1-12-17-18(22)16(20(27)24-14-9-7-13(21)8-10-14)11-23-19(17)26(25-12)15-5-3-2-4-6-15;1-4-14(5-2)12-17-16-11-13(3)18-19(16)15-9-7-6-8-10-15;1-3-11-9-17-15-13(14(11)16)10(2)18-19(15)12-7-5-4-6-8-12;1-9-12-11(14)7-8-15-13(12)17(16-9)10-5-3-2-4-6-10;1-8-7-10(11)13(12-8)9-5-3-2-4-6-9;1-4-7(5-2)8(9)10-6-3;5*2-1-3;1-5(2,3)4;;/h2-11H,1H3,(H,24,27);6-12,17H,4-5H2,1-3H3;4-9H,3H2,1-2H3;2-8H,1H3;2-7H,11H2,1H3;4H,5-6H2,1-3H3;;;;;;;;1H2/q;;;;;;;;;;;;+1;/p-1/b;;;;;7-4+;;;;;;;;. The number of carbonyl (C=O) groups is 2. The number of nitrogens with one attached hydrogen (secondary N) is 2. The van der Waals surface area contributed by atoms with Gasteiger partial charge in [0.15, 0.2) is 16.9 Å². The average Bonchev–Trinajstić information content (AvgIpc) is 1.63. The monoisotopic (exact) mass is 1920 g/mol. The van der Waals surface area contributed by atoms with Crippen molar-refractivity contribution in [2.45, 2.75) is 102 Å². The van der Waals surface area contributed by atoms with Crippen LogP contribution < -0.4 is 35.2 Å². The van der Waals surface area contributed by atoms with Gasteiger partial charge >= 0.3 is 60.8 Å². The van der Waals surface area contributed by atoms with Crippen LogP contribution in [0.1, 0.15) is 105 Å². The summed E-state index contributed by atoms with van der Waals surface area (Å²) in [6.45, 7) is 22.2. The van der Waals surface area contributed by atoms with Crippen molar-refractivity contribution in [3.05, 3.63) is 295 Å². The van der Waals surface area contributed by atoms with Crippen molar-refractivity contribution in [3.63, 3.8) is 0 Å². The maximum absolute atomic E-state index is 12.7. The first-order valence-corrected chi connectivity index (χ1v) is 43.4. The number of allylic oxidation sites excluding steroid dienone is 2. The van der Waals surface area contributed by atoms with E-state index in [0.717, 1.165) is 125 Å². The number of ether oxygens (including phenoxy) is 1. The van der Waals surface area contributed by atoms with Gasteiger partial charge in [0.05, 0.1) is 100 Å². The number of nitrogen functional groups attached to an aromatic ring is 1. The van der Waals surface area contributed by atoms with Crippen LogP contribution in [0.4, 0.5) is 17.3 Å². The summed E-state index contributed by atoms with van der Waals surface area (Å²) in [5, 5.41) is 29.7. The molecule has 8 heterocycles. The van der Waals surface area contributed by atoms with Crippen molar-refractivity contribution in [1.82, 2.24) is 63.9 Å². The number of amides is 1. The van der Waals surface area contributed by atoms with Crippen LogP contribution >= 0.6 is 89.7 Å². The SMILES string of the molecule is C/C=C(\CC)C(=O)OCC.CCC(=CNc1cc(C)nn1-c1ccccc1)CC.CCc1cnc2c(c(C)nn2-c2ccccc2)c1Cl.Cc1cc(N)n(-c2ccccc2)n1.Cc1nn(-c2ccccc2)c2ncc(C(=O)Nc3ccc(Br)cc3)c(Cl)c12.Cc1nn(-c2ccccc2)c2nccc(Cl)c12.O=C=O.O=C=O.O=C=O.O=C=O.O=C=O.O=P(Cl)(Cl)Cl.[Li+].[OH-]. The van der Waals surface area contributed by atoms with E-state index in [2.05, 4.69) is 146 Å². The molecular formula is C87H85BrCl6LiN16O15P. The maximum Gasteiger partial charge on any atom is 1.00 e. The molecule has 14 aromatic rings. The van der Waals surface area contributed by atoms with Crippen LogP contribution in [0.5, 0.6) is 0 Å². The number of carbonyl (C=O) groups excluding carboxylic acids is 12. The molecule has 658 valence electrons. The second kappa shape index (κ2) is 61.0. The van der Waals surface area contributed by atoms with Crippen LogP contribution in [0.3, 0.4) is 0 Å². The summed E-state index contributed by atoms with van der Waals surface area (Å²) >= 11 is 36.4. The first kappa shape index (κ1) is 113. The van der Waals surface area contributed by atoms with Gasteiger partial charge in [-0.25, -0.2) is 43.2 Å². The van der Waals surface area contributed by atoms with Crippen LogP contribution in [0.2, 0.25) is 15.1 Å². The molecule has 40 heteroatoms. The molecule has 8 aromatic heterocycles. The summed E-state index contributed by atoms with van der Waals surface area (Å²) in [7, 11) is 0. The number of nitrogens with zero attached hydrogens (tertiary/aromatic N) is 13. The molecule has 0 spiro atoms. The minimum Gasteiger partial charge on any atom is -0.870 e. The molecule has 6 aromatic carbocycles. The van der Waals surface area contributed by atoms with E-state index in [1.807, 2.05) is 226 Å². The zero-order valence-corrected chi connectivity index (χ0v) is 77.6. The van der Waals surface area contributed by atoms with Gasteiger partial charge in [-0.2, -0.15) is 73.4 Å². The molecule has 14 rings (SSSR count). The van der Waals surface area contributed by atoms with Gasteiger partial charge in [0, 0.05) is 52.7 Å². The Morgan fingerprint density at radius 3 is 1.23 bits per heavy atom. The second-order valence-electron chi connectivity index (χ2n) is 24.5. The molecule has 0 atom stereocenters. The molecule has 0 aliphatic rings. The van der Waals surface area contributed by atoms with Gasteiger partial charge in [-0.3, -0.25) is 9.36 Å². The fraction of sp³-hybridized carbons (Fsp3) is 0.184. The number of nitrogens with two attached hydrogens (primary N) is 1. The zero-order chi connectivity index (χ0) is 93.1. The summed E-state index contributed by atoms with van der Waals surface area (Å²) in [6.07, 6.45) is 13.9. The number of rotatable bonds is 15. The van der Waals surface area contributed by atoms with Gasteiger partial charge in [-0.15, -0.1) is 0 Å². The molecule has 0 aliphatic heterocycles. The number of benzene rings is 6. The van der Waals surface area contributed by atoms with E-state index in [9.17, 15) is 14.2 Å². The third-order valence-electron chi connectivity index (χ3n) is 16.4. The molecule has 0 saturated carbocycles. The van der Waals surface area contributed by atoms with Crippen LogP contribution in [0, 0.1) is 34.6 Å². The number of halogens is 7. The summed E-state index contributed by atoms with van der Waals surface area (Å²) in [5.74, 6) is 1.17. The minimum absolute atomic E-state index is 0. The van der Waals surface area contributed by atoms with Crippen molar-refractivity contribution in [2.75, 3.05) is 23.0 Å². The molecule has 127 heavy (non-hydrogen) atoms. The van der Waals surface area contributed by atoms with Gasteiger partial charge in [-0.1, -0.05) is 181 Å². The minimum atomic E-state index is -3.22. The molecule has 0 bridgehead atoms. The number of fused-ring (bicyclic) bond motifs is 3. The van der Waals surface area contributed by atoms with Crippen LogP contribution in [0.15, 0.2) is 241 Å². The van der Waals surface area contributed by atoms with Gasteiger partial charge in [0.25, 0.3) is 5.91 Å². The third kappa shape index (κ3) is 36.9. The number of hydrogen-bond donors (Lipinski definition) is 3. The molecule has 0 fully saturated rings. The Bertz CT molecular complexity index is 5980. The predicted octanol–water partition coefficient (Wildman–Crippen LogP) is 17.4. The Balaban J connectivity index is 0.000000740. The molecule has 0 radical (unpaired) electrons. The topological polar surface area (TPSA) is 439 Å². The summed E-state index contributed by atoms with van der Waals surface area (Å²) in [4.78, 5) is 118. The molecule has 0 saturated heterocycles. The van der Waals surface area contributed by atoms with E-state index < -0.39 is 5.20 Å². The fourth-order valence-electron chi connectivity index (χ4n) is 11.0. The summed E-state index contributed by atoms with van der Waals surface area (Å²) in [5.41, 5.74) is 21.6. The van der Waals surface area contributed by atoms with E-state index in [-0.39, 0.29) is 67.0 Å². The number of aryl methyl sites for hydroxylation is 6. The Kier molecular flexibility index (Phi) is 54.0. The number of pyridine rings is 3. The maximum atomic E-state index is 12.7. The second-order valence-corrected chi connectivity index (χ2v) is 33.2. The van der Waals surface area contributed by atoms with Crippen LogP contribution in [-0.4, -0.2) is 119 Å². The first-order valence-electron chi connectivity index (χ1n) is 37.1. The van der Waals surface area contributed by atoms with E-state index >= 15 is 0 Å². The Morgan fingerprint density at radius 2 is 0.858 bits per heavy atom. The van der Waals surface area contributed by atoms with Crippen molar-refractivity contribution in [1.29, 1.82) is 0 Å². The van der Waals surface area contributed by atoms with E-state index in [1.54, 1.807) is 46.8 Å². The Labute approximate surface area is 780 Å². The molecule has 0 aliphatic carbocycles. The van der Waals surface area contributed by atoms with Crippen LogP contribution in [0.25, 0.3) is 61.5 Å². The summed E-state index contributed by atoms with van der Waals surface area (Å²) < 4.78 is 24.3. The molecule has 0 unspecified atom stereocenters. The average molecular weight is 1930 g/mol. The number of esters is 1. The molecule has 5 N–H and O–H groups in total. The number of anilines is 3. The Morgan fingerprint density at radius 1 is 0.496 bits per heavy atom. The van der Waals surface area contributed by atoms with Crippen molar-refractivity contribution in [2.24, 2.45) is 0 Å². The number of para-hydroxylation sites is 5. The first-order chi connectivity index (χ1) is 59.9. The number of hydrogen-bond acceptors (Lipinski definition) is 25. The third-order valence-corrected chi connectivity index (χ3v) is 18.1. The molecule has 31 nitrogen and oxygen atoms in total. The quantitative estimate of drug-likeness (QED) is 0.0371. The van der Waals surface area contributed by atoms with Gasteiger partial charge in [0.2, 0.25) is 0 Å². The van der Waals surface area contributed by atoms with Gasteiger partial charge < -0.3 is 26.6 Å². The zero-order valence-electron chi connectivity index (χ0n) is 70.5. The largest absolute Gasteiger partial charge is 1.00 e. The van der Waals surface area contributed by atoms with Gasteiger partial charge in [-0.05, 0) is 204 Å². The number of aromatic nitrogens is 13. The van der Waals surface area contributed by atoms with Crippen molar-refractivity contribution < 1.29 is 91.2 Å².